The van der Waals surface area contributed by atoms with E-state index in [4.69, 9.17) is 37.7 Å². The maximum Gasteiger partial charge on any atom is 0.326 e. The number of piperazine rings is 1. The van der Waals surface area contributed by atoms with Crippen LogP contribution in [0.3, 0.4) is 0 Å². The molecule has 0 radical (unpaired) electrons. The Morgan fingerprint density at radius 2 is 1.57 bits per heavy atom. The van der Waals surface area contributed by atoms with Crippen LogP contribution in [0, 0.1) is 0 Å². The number of benzene rings is 3. The Morgan fingerprint density at radius 1 is 0.952 bits per heavy atom. The zero-order chi connectivity index (χ0) is 29.8. The molecular formula is C32H36Cl2N4O4. The molecule has 0 bridgehead atoms. The summed E-state index contributed by atoms with van der Waals surface area (Å²) in [7, 11) is 1.61. The Labute approximate surface area is 257 Å². The summed E-state index contributed by atoms with van der Waals surface area (Å²) in [5, 5.41) is 10.6. The molecule has 3 aromatic carbocycles. The Hall–Kier alpha value is -3.30. The second kappa shape index (κ2) is 13.3. The van der Waals surface area contributed by atoms with Gasteiger partial charge in [-0.15, -0.1) is 0 Å². The summed E-state index contributed by atoms with van der Waals surface area (Å²) in [5.41, 5.74) is 2.54. The van der Waals surface area contributed by atoms with Crippen molar-refractivity contribution in [2.45, 2.75) is 32.0 Å². The number of urea groups is 1. The molecule has 2 amide bonds. The van der Waals surface area contributed by atoms with Crippen molar-refractivity contribution >= 4 is 35.1 Å². The zero-order valence-corrected chi connectivity index (χ0v) is 25.6. The first-order chi connectivity index (χ1) is 20.3. The average Bonchev–Trinajstić information content (AvgIpc) is 3.38. The van der Waals surface area contributed by atoms with Gasteiger partial charge in [0.05, 0.1) is 31.4 Å². The molecule has 0 unspecified atom stereocenters. The van der Waals surface area contributed by atoms with Crippen molar-refractivity contribution in [2.75, 3.05) is 46.4 Å². The van der Waals surface area contributed by atoms with Crippen LogP contribution in [0.2, 0.25) is 10.0 Å². The first-order valence-electron chi connectivity index (χ1n) is 14.1. The second-order valence-corrected chi connectivity index (χ2v) is 11.6. The van der Waals surface area contributed by atoms with Gasteiger partial charge in [-0.3, -0.25) is 14.8 Å². The largest absolute Gasteiger partial charge is 0.497 e. The summed E-state index contributed by atoms with van der Waals surface area (Å²) in [6.45, 7) is 7.05. The number of methoxy groups -OCH3 is 1. The molecule has 0 aliphatic carbocycles. The number of amides is 2. The number of hydrogen-bond donors (Lipinski definition) is 1. The van der Waals surface area contributed by atoms with Crippen LogP contribution >= 0.6 is 23.2 Å². The van der Waals surface area contributed by atoms with Crippen LogP contribution in [0.5, 0.6) is 11.5 Å². The minimum absolute atomic E-state index is 0.0917. The highest BCUT2D eigenvalue weighted by atomic mass is 35.5. The number of ether oxygens (including phenoxy) is 2. The lowest BCUT2D eigenvalue weighted by Gasteiger charge is -2.39. The lowest BCUT2D eigenvalue weighted by atomic mass is 9.93. The molecule has 5 rings (SSSR count). The summed E-state index contributed by atoms with van der Waals surface area (Å²) in [6.07, 6.45) is -0.110. The van der Waals surface area contributed by atoms with Crippen LogP contribution in [0.1, 0.15) is 42.6 Å². The maximum absolute atomic E-state index is 14.6. The fraction of sp³-hybridized carbons (Fsp3) is 0.375. The van der Waals surface area contributed by atoms with E-state index in [-0.39, 0.29) is 18.7 Å². The summed E-state index contributed by atoms with van der Waals surface area (Å²) in [5.74, 6) is 1.76. The summed E-state index contributed by atoms with van der Waals surface area (Å²) in [6, 6.07) is 19.8. The van der Waals surface area contributed by atoms with Crippen LogP contribution in [-0.4, -0.2) is 84.2 Å². The lowest BCUT2D eigenvalue weighted by molar-refractivity contribution is 0.108. The SMILES string of the molecule is COc1ccc(C2=N[C@H](c3ccc(Cl)cc3)[C@H](c3ccc(Cl)cc3)N2C(=O)N2CCN(CCO)CC2)c(OC(C)C)c1. The standard InChI is InChI=1S/C32H36Cl2N4O4/c1-21(2)42-28-20-26(41-3)12-13-27(28)31-35-29(22-4-8-24(33)9-5-22)30(23-6-10-25(34)11-7-23)38(31)32(40)37-16-14-36(15-17-37)18-19-39/h4-13,20-21,29-30,39H,14-19H2,1-3H3/t29-,30+/m1/s1. The molecule has 10 heteroatoms. The number of carbonyl (C=O) groups excluding carboxylic acids is 1. The van der Waals surface area contributed by atoms with E-state index in [9.17, 15) is 9.90 Å². The highest BCUT2D eigenvalue weighted by Gasteiger charge is 2.45. The molecule has 0 spiro atoms. The van der Waals surface area contributed by atoms with Crippen LogP contribution in [-0.2, 0) is 0 Å². The molecule has 2 heterocycles. The maximum atomic E-state index is 14.6. The van der Waals surface area contributed by atoms with Gasteiger partial charge in [0.1, 0.15) is 23.4 Å². The average molecular weight is 612 g/mol. The van der Waals surface area contributed by atoms with Crippen molar-refractivity contribution in [1.82, 2.24) is 14.7 Å². The minimum atomic E-state index is -0.449. The van der Waals surface area contributed by atoms with E-state index in [1.54, 1.807) is 12.0 Å². The molecule has 1 saturated heterocycles. The van der Waals surface area contributed by atoms with Gasteiger partial charge in [-0.05, 0) is 61.4 Å². The number of halogens is 2. The molecule has 1 N–H and O–H groups in total. The van der Waals surface area contributed by atoms with E-state index < -0.39 is 12.1 Å². The van der Waals surface area contributed by atoms with Crippen molar-refractivity contribution in [3.63, 3.8) is 0 Å². The number of rotatable bonds is 8. The molecule has 0 saturated carbocycles. The minimum Gasteiger partial charge on any atom is -0.497 e. The third kappa shape index (κ3) is 6.52. The van der Waals surface area contributed by atoms with Crippen molar-refractivity contribution in [3.05, 3.63) is 93.5 Å². The molecule has 2 aliphatic heterocycles. The summed E-state index contributed by atoms with van der Waals surface area (Å²) >= 11 is 12.5. The fourth-order valence-electron chi connectivity index (χ4n) is 5.48. The van der Waals surface area contributed by atoms with Crippen molar-refractivity contribution in [3.8, 4) is 11.5 Å². The van der Waals surface area contributed by atoms with E-state index in [1.807, 2.05) is 85.5 Å². The predicted molar refractivity (Wildman–Crippen MR) is 166 cm³/mol. The van der Waals surface area contributed by atoms with E-state index in [1.165, 1.54) is 0 Å². The fourth-order valence-corrected chi connectivity index (χ4v) is 5.73. The number of carbonyl (C=O) groups is 1. The molecular weight excluding hydrogens is 575 g/mol. The summed E-state index contributed by atoms with van der Waals surface area (Å²) in [4.78, 5) is 25.7. The van der Waals surface area contributed by atoms with Crippen LogP contribution < -0.4 is 9.47 Å². The van der Waals surface area contributed by atoms with Gasteiger partial charge in [0.2, 0.25) is 0 Å². The lowest BCUT2D eigenvalue weighted by Crippen LogP contribution is -2.54. The number of aliphatic imine (C=N–C) groups is 1. The van der Waals surface area contributed by atoms with Gasteiger partial charge in [-0.25, -0.2) is 4.79 Å². The molecule has 3 aromatic rings. The number of hydrogen-bond acceptors (Lipinski definition) is 6. The van der Waals surface area contributed by atoms with E-state index in [2.05, 4.69) is 4.90 Å². The molecule has 222 valence electrons. The smallest absolute Gasteiger partial charge is 0.326 e. The number of aliphatic hydroxyl groups is 1. The molecule has 0 aromatic heterocycles. The van der Waals surface area contributed by atoms with Gasteiger partial charge in [0.25, 0.3) is 0 Å². The second-order valence-electron chi connectivity index (χ2n) is 10.7. The molecule has 8 nitrogen and oxygen atoms in total. The van der Waals surface area contributed by atoms with Crippen molar-refractivity contribution < 1.29 is 19.4 Å². The highest BCUT2D eigenvalue weighted by Crippen LogP contribution is 2.46. The quantitative estimate of drug-likeness (QED) is 0.335. The highest BCUT2D eigenvalue weighted by molar-refractivity contribution is 6.30. The van der Waals surface area contributed by atoms with Crippen LogP contribution in [0.15, 0.2) is 71.7 Å². The first-order valence-corrected chi connectivity index (χ1v) is 14.9. The van der Waals surface area contributed by atoms with Gasteiger partial charge in [0.15, 0.2) is 0 Å². The number of amidine groups is 1. The Morgan fingerprint density at radius 3 is 2.14 bits per heavy atom. The van der Waals surface area contributed by atoms with E-state index in [0.29, 0.717) is 65.7 Å². The number of nitrogens with zero attached hydrogens (tertiary/aromatic N) is 4. The summed E-state index contributed by atoms with van der Waals surface area (Å²) < 4.78 is 11.8. The van der Waals surface area contributed by atoms with Crippen LogP contribution in [0.4, 0.5) is 4.79 Å². The number of β-amino-alcohol motifs (C(OH)–C–C–N with tert-alkyl or cyclic N) is 1. The Bertz CT molecular complexity index is 1410. The molecule has 2 atom stereocenters. The van der Waals surface area contributed by atoms with Gasteiger partial charge < -0.3 is 19.5 Å². The molecule has 1 fully saturated rings. The van der Waals surface area contributed by atoms with Gasteiger partial charge in [-0.2, -0.15) is 0 Å². The molecule has 2 aliphatic rings. The molecule has 42 heavy (non-hydrogen) atoms. The third-order valence-corrected chi connectivity index (χ3v) is 8.05. The normalized spacial score (nSPS) is 19.3. The van der Waals surface area contributed by atoms with Crippen LogP contribution in [0.25, 0.3) is 0 Å². The van der Waals surface area contributed by atoms with E-state index >= 15 is 0 Å². The van der Waals surface area contributed by atoms with E-state index in [0.717, 1.165) is 11.1 Å². The Balaban J connectivity index is 1.65. The zero-order valence-electron chi connectivity index (χ0n) is 24.0. The van der Waals surface area contributed by atoms with Gasteiger partial charge in [-0.1, -0.05) is 47.5 Å². The Kier molecular flexibility index (Phi) is 9.58. The predicted octanol–water partition coefficient (Wildman–Crippen LogP) is 6.06. The number of aliphatic hydroxyl groups excluding tert-OH is 1. The van der Waals surface area contributed by atoms with Crippen molar-refractivity contribution in [1.29, 1.82) is 0 Å². The first kappa shape index (κ1) is 30.2. The topological polar surface area (TPSA) is 77.8 Å². The van der Waals surface area contributed by atoms with Gasteiger partial charge in [0, 0.05) is 48.8 Å². The third-order valence-electron chi connectivity index (χ3n) is 7.55. The van der Waals surface area contributed by atoms with Crippen molar-refractivity contribution in [2.24, 2.45) is 4.99 Å². The monoisotopic (exact) mass is 610 g/mol. The van der Waals surface area contributed by atoms with Gasteiger partial charge >= 0.3 is 6.03 Å².